The van der Waals surface area contributed by atoms with Gasteiger partial charge in [-0.1, -0.05) is 17.3 Å². The van der Waals surface area contributed by atoms with Gasteiger partial charge >= 0.3 is 0 Å². The molecule has 1 aromatic heterocycles. The summed E-state index contributed by atoms with van der Waals surface area (Å²) in [7, 11) is 0. The van der Waals surface area contributed by atoms with Crippen molar-refractivity contribution >= 4 is 27.5 Å². The van der Waals surface area contributed by atoms with Gasteiger partial charge in [0.1, 0.15) is 11.5 Å². The molecule has 0 aliphatic heterocycles. The number of aromatic nitrogens is 3. The minimum absolute atomic E-state index is 0.103. The molecule has 1 heterocycles. The van der Waals surface area contributed by atoms with Crippen LogP contribution in [-0.4, -0.2) is 25.8 Å². The SMILES string of the molecule is O=C(NCc1cn(Cc2cccc(F)c2)nn1)c1ccc(Br)c([N+](=O)[O-])c1. The van der Waals surface area contributed by atoms with Gasteiger partial charge in [0.05, 0.1) is 28.7 Å². The molecule has 27 heavy (non-hydrogen) atoms. The first-order valence-electron chi connectivity index (χ1n) is 7.78. The number of nitrogens with zero attached hydrogens (tertiary/aromatic N) is 4. The van der Waals surface area contributed by atoms with Crippen molar-refractivity contribution in [1.82, 2.24) is 20.3 Å². The third kappa shape index (κ3) is 4.73. The van der Waals surface area contributed by atoms with Gasteiger partial charge in [0, 0.05) is 11.6 Å². The van der Waals surface area contributed by atoms with E-state index in [0.29, 0.717) is 16.7 Å². The number of benzene rings is 2. The Morgan fingerprint density at radius 2 is 2.11 bits per heavy atom. The highest BCUT2D eigenvalue weighted by Gasteiger charge is 2.16. The highest BCUT2D eigenvalue weighted by molar-refractivity contribution is 9.10. The van der Waals surface area contributed by atoms with Crippen LogP contribution in [-0.2, 0) is 13.1 Å². The van der Waals surface area contributed by atoms with Crippen LogP contribution in [0.3, 0.4) is 0 Å². The molecule has 0 radical (unpaired) electrons. The minimum Gasteiger partial charge on any atom is -0.346 e. The van der Waals surface area contributed by atoms with Crippen LogP contribution in [0.15, 0.2) is 53.1 Å². The Morgan fingerprint density at radius 3 is 2.85 bits per heavy atom. The van der Waals surface area contributed by atoms with Crippen LogP contribution in [0.1, 0.15) is 21.6 Å². The predicted octanol–water partition coefficient (Wildman–Crippen LogP) is 3.07. The van der Waals surface area contributed by atoms with Crippen LogP contribution in [0.25, 0.3) is 0 Å². The average Bonchev–Trinajstić information content (AvgIpc) is 3.07. The number of carbonyl (C=O) groups excluding carboxylic acids is 1. The van der Waals surface area contributed by atoms with Gasteiger partial charge in [-0.3, -0.25) is 14.9 Å². The summed E-state index contributed by atoms with van der Waals surface area (Å²) in [6.07, 6.45) is 1.63. The molecule has 0 bridgehead atoms. The molecule has 138 valence electrons. The molecule has 0 atom stereocenters. The Balaban J connectivity index is 1.62. The molecule has 8 nitrogen and oxygen atoms in total. The van der Waals surface area contributed by atoms with Gasteiger partial charge in [-0.2, -0.15) is 0 Å². The number of carbonyl (C=O) groups is 1. The molecule has 1 N–H and O–H groups in total. The van der Waals surface area contributed by atoms with Gasteiger partial charge in [0.15, 0.2) is 0 Å². The quantitative estimate of drug-likeness (QED) is 0.475. The van der Waals surface area contributed by atoms with Gasteiger partial charge in [0.25, 0.3) is 11.6 Å². The molecule has 3 rings (SSSR count). The Kier molecular flexibility index (Phi) is 5.55. The second-order valence-corrected chi connectivity index (χ2v) is 6.50. The van der Waals surface area contributed by atoms with Crippen molar-refractivity contribution in [3.05, 3.63) is 85.9 Å². The molecule has 0 fully saturated rings. The molecule has 2 aromatic carbocycles. The molecular formula is C17H13BrFN5O3. The zero-order valence-corrected chi connectivity index (χ0v) is 15.4. The normalized spacial score (nSPS) is 10.6. The Hall–Kier alpha value is -3.14. The van der Waals surface area contributed by atoms with Crippen molar-refractivity contribution in [1.29, 1.82) is 0 Å². The lowest BCUT2D eigenvalue weighted by Crippen LogP contribution is -2.23. The molecule has 0 saturated heterocycles. The highest BCUT2D eigenvalue weighted by atomic mass is 79.9. The van der Waals surface area contributed by atoms with Crippen molar-refractivity contribution in [2.45, 2.75) is 13.1 Å². The molecule has 3 aromatic rings. The van der Waals surface area contributed by atoms with E-state index in [1.807, 2.05) is 0 Å². The van der Waals surface area contributed by atoms with Gasteiger partial charge in [-0.15, -0.1) is 5.10 Å². The van der Waals surface area contributed by atoms with Crippen molar-refractivity contribution in [2.75, 3.05) is 0 Å². The molecule has 0 spiro atoms. The van der Waals surface area contributed by atoms with Gasteiger partial charge in [-0.05, 0) is 45.8 Å². The van der Waals surface area contributed by atoms with E-state index in [1.165, 1.54) is 35.0 Å². The zero-order chi connectivity index (χ0) is 19.4. The first-order valence-corrected chi connectivity index (χ1v) is 8.57. The van der Waals surface area contributed by atoms with E-state index in [0.717, 1.165) is 5.56 Å². The van der Waals surface area contributed by atoms with Gasteiger partial charge < -0.3 is 5.32 Å². The summed E-state index contributed by atoms with van der Waals surface area (Å²) in [5.74, 6) is -0.797. The fourth-order valence-corrected chi connectivity index (χ4v) is 2.78. The van der Waals surface area contributed by atoms with Crippen LogP contribution < -0.4 is 5.32 Å². The van der Waals surface area contributed by atoms with E-state index in [4.69, 9.17) is 0 Å². The number of hydrogen-bond donors (Lipinski definition) is 1. The lowest BCUT2D eigenvalue weighted by molar-refractivity contribution is -0.385. The van der Waals surface area contributed by atoms with Crippen molar-refractivity contribution in [2.24, 2.45) is 0 Å². The topological polar surface area (TPSA) is 103 Å². The summed E-state index contributed by atoms with van der Waals surface area (Å²) in [6, 6.07) is 10.3. The first kappa shape index (κ1) is 18.6. The number of amides is 1. The third-order valence-corrected chi connectivity index (χ3v) is 4.33. The van der Waals surface area contributed by atoms with E-state index in [2.05, 4.69) is 31.6 Å². The van der Waals surface area contributed by atoms with E-state index in [9.17, 15) is 19.3 Å². The second-order valence-electron chi connectivity index (χ2n) is 5.64. The number of nitrogens with one attached hydrogen (secondary N) is 1. The maximum atomic E-state index is 13.2. The fraction of sp³-hybridized carbons (Fsp3) is 0.118. The standard InChI is InChI=1S/C17H13BrFN5O3/c18-15-5-4-12(7-16(15)24(26)27)17(25)20-8-14-10-23(22-21-14)9-11-2-1-3-13(19)6-11/h1-7,10H,8-9H2,(H,20,25). The first-order chi connectivity index (χ1) is 12.9. The summed E-state index contributed by atoms with van der Waals surface area (Å²) in [6.45, 7) is 0.448. The molecule has 0 saturated carbocycles. The number of halogens is 2. The zero-order valence-electron chi connectivity index (χ0n) is 13.8. The fourth-order valence-electron chi connectivity index (χ4n) is 2.39. The van der Waals surface area contributed by atoms with Crippen LogP contribution in [0, 0.1) is 15.9 Å². The highest BCUT2D eigenvalue weighted by Crippen LogP contribution is 2.25. The average molecular weight is 434 g/mol. The van der Waals surface area contributed by atoms with Crippen LogP contribution in [0.2, 0.25) is 0 Å². The number of rotatable bonds is 6. The van der Waals surface area contributed by atoms with E-state index < -0.39 is 10.8 Å². The predicted molar refractivity (Wildman–Crippen MR) is 97.5 cm³/mol. The van der Waals surface area contributed by atoms with E-state index >= 15 is 0 Å². The van der Waals surface area contributed by atoms with Crippen LogP contribution >= 0.6 is 15.9 Å². The number of hydrogen-bond acceptors (Lipinski definition) is 5. The molecule has 10 heteroatoms. The largest absolute Gasteiger partial charge is 0.346 e. The van der Waals surface area contributed by atoms with Crippen LogP contribution in [0.5, 0.6) is 0 Å². The summed E-state index contributed by atoms with van der Waals surface area (Å²) in [4.78, 5) is 22.6. The van der Waals surface area contributed by atoms with E-state index in [-0.39, 0.29) is 23.6 Å². The minimum atomic E-state index is -0.571. The van der Waals surface area contributed by atoms with Crippen molar-refractivity contribution in [3.63, 3.8) is 0 Å². The lowest BCUT2D eigenvalue weighted by Gasteiger charge is -2.04. The molecule has 0 unspecified atom stereocenters. The monoisotopic (exact) mass is 433 g/mol. The number of nitro groups is 1. The smallest absolute Gasteiger partial charge is 0.284 e. The lowest BCUT2D eigenvalue weighted by atomic mass is 10.2. The summed E-state index contributed by atoms with van der Waals surface area (Å²) < 4.78 is 15.0. The third-order valence-electron chi connectivity index (χ3n) is 3.65. The Bertz CT molecular complexity index is 1010. The summed E-state index contributed by atoms with van der Waals surface area (Å²) in [5, 5.41) is 21.5. The van der Waals surface area contributed by atoms with Gasteiger partial charge in [-0.25, -0.2) is 9.07 Å². The summed E-state index contributed by atoms with van der Waals surface area (Å²) >= 11 is 3.07. The maximum absolute atomic E-state index is 13.2. The summed E-state index contributed by atoms with van der Waals surface area (Å²) in [5.41, 5.74) is 1.21. The molecule has 0 aliphatic carbocycles. The van der Waals surface area contributed by atoms with Crippen molar-refractivity contribution < 1.29 is 14.1 Å². The molecule has 0 aliphatic rings. The Labute approximate surface area is 161 Å². The van der Waals surface area contributed by atoms with Crippen molar-refractivity contribution in [3.8, 4) is 0 Å². The molecular weight excluding hydrogens is 421 g/mol. The maximum Gasteiger partial charge on any atom is 0.284 e. The Morgan fingerprint density at radius 1 is 1.30 bits per heavy atom. The van der Waals surface area contributed by atoms with Gasteiger partial charge in [0.2, 0.25) is 0 Å². The van der Waals surface area contributed by atoms with Crippen LogP contribution in [0.4, 0.5) is 10.1 Å². The molecule has 1 amide bonds. The number of nitro benzene ring substituents is 1. The van der Waals surface area contributed by atoms with E-state index in [1.54, 1.807) is 18.3 Å². The second kappa shape index (κ2) is 8.04.